The Morgan fingerprint density at radius 2 is 2.00 bits per heavy atom. The topological polar surface area (TPSA) is 80.2 Å². The molecular weight excluding hydrogens is 325 g/mol. The molecule has 0 unspecified atom stereocenters. The number of aromatic nitrogens is 1. The van der Waals surface area contributed by atoms with E-state index in [1.807, 2.05) is 0 Å². The maximum atomic E-state index is 13.6. The Kier molecular flexibility index (Phi) is 6.22. The largest absolute Gasteiger partial charge is 0.326 e. The van der Waals surface area contributed by atoms with Crippen molar-refractivity contribution >= 4 is 23.2 Å². The van der Waals surface area contributed by atoms with Crippen LogP contribution in [0, 0.1) is 5.82 Å². The number of carbonyl (C=O) groups excluding carboxylic acids is 2. The highest BCUT2D eigenvalue weighted by Crippen LogP contribution is 2.20. The Hall–Kier alpha value is -3.22. The highest BCUT2D eigenvalue weighted by Gasteiger charge is 2.08. The quantitative estimate of drug-likeness (QED) is 0.758. The molecule has 0 fully saturated rings. The van der Waals surface area contributed by atoms with Gasteiger partial charge >= 0.3 is 0 Å². The molecule has 2 aromatic rings. The number of halogens is 1. The number of nitrogens with one attached hydrogen (secondary N) is 2. The van der Waals surface area contributed by atoms with Crippen molar-refractivity contribution in [2.45, 2.75) is 19.4 Å². The van der Waals surface area contributed by atoms with Gasteiger partial charge in [-0.2, -0.15) is 0 Å². The van der Waals surface area contributed by atoms with E-state index in [4.69, 9.17) is 0 Å². The molecule has 0 spiro atoms. The van der Waals surface area contributed by atoms with Gasteiger partial charge in [-0.1, -0.05) is 12.6 Å². The fourth-order valence-electron chi connectivity index (χ4n) is 2.16. The molecule has 25 heavy (non-hydrogen) atoms. The SMILES string of the molecule is C=CC(=O)Nc1cc(NC(=O)CCCn2ccccc2=O)ccc1F. The van der Waals surface area contributed by atoms with Gasteiger partial charge in [0.25, 0.3) is 0 Å². The number of rotatable bonds is 7. The van der Waals surface area contributed by atoms with Crippen LogP contribution < -0.4 is 16.2 Å². The van der Waals surface area contributed by atoms with Gasteiger partial charge < -0.3 is 15.2 Å². The third kappa shape index (κ3) is 5.42. The molecule has 2 rings (SSSR count). The zero-order chi connectivity index (χ0) is 18.2. The third-order valence-corrected chi connectivity index (χ3v) is 3.40. The van der Waals surface area contributed by atoms with E-state index < -0.39 is 11.7 Å². The summed E-state index contributed by atoms with van der Waals surface area (Å²) in [4.78, 5) is 34.8. The van der Waals surface area contributed by atoms with Gasteiger partial charge in [-0.25, -0.2) is 4.39 Å². The van der Waals surface area contributed by atoms with E-state index in [1.54, 1.807) is 18.3 Å². The van der Waals surface area contributed by atoms with Crippen LogP contribution in [0.3, 0.4) is 0 Å². The fourth-order valence-corrected chi connectivity index (χ4v) is 2.16. The number of amides is 2. The molecule has 0 atom stereocenters. The van der Waals surface area contributed by atoms with Gasteiger partial charge in [0, 0.05) is 30.9 Å². The van der Waals surface area contributed by atoms with Crippen LogP contribution in [0.1, 0.15) is 12.8 Å². The lowest BCUT2D eigenvalue weighted by molar-refractivity contribution is -0.116. The van der Waals surface area contributed by atoms with Gasteiger partial charge in [0.05, 0.1) is 5.69 Å². The number of anilines is 2. The van der Waals surface area contributed by atoms with Crippen molar-refractivity contribution < 1.29 is 14.0 Å². The molecule has 1 aromatic heterocycles. The van der Waals surface area contributed by atoms with Gasteiger partial charge in [0.2, 0.25) is 17.4 Å². The maximum Gasteiger partial charge on any atom is 0.250 e. The van der Waals surface area contributed by atoms with Gasteiger partial charge in [-0.3, -0.25) is 14.4 Å². The average molecular weight is 343 g/mol. The molecule has 6 nitrogen and oxygen atoms in total. The number of hydrogen-bond donors (Lipinski definition) is 2. The van der Waals surface area contributed by atoms with Crippen molar-refractivity contribution in [2.24, 2.45) is 0 Å². The lowest BCUT2D eigenvalue weighted by Gasteiger charge is -2.09. The molecule has 0 saturated carbocycles. The highest BCUT2D eigenvalue weighted by molar-refractivity contribution is 5.99. The summed E-state index contributed by atoms with van der Waals surface area (Å²) in [6.45, 7) is 3.72. The van der Waals surface area contributed by atoms with Crippen LogP contribution in [0.2, 0.25) is 0 Å². The smallest absolute Gasteiger partial charge is 0.250 e. The molecule has 0 aliphatic heterocycles. The number of hydrogen-bond acceptors (Lipinski definition) is 3. The van der Waals surface area contributed by atoms with Crippen LogP contribution >= 0.6 is 0 Å². The first kappa shape index (κ1) is 18.1. The van der Waals surface area contributed by atoms with Crippen LogP contribution in [-0.2, 0) is 16.1 Å². The minimum Gasteiger partial charge on any atom is -0.326 e. The van der Waals surface area contributed by atoms with E-state index in [-0.39, 0.29) is 23.6 Å². The van der Waals surface area contributed by atoms with Crippen LogP contribution in [0.4, 0.5) is 15.8 Å². The zero-order valence-corrected chi connectivity index (χ0v) is 13.5. The highest BCUT2D eigenvalue weighted by atomic mass is 19.1. The molecule has 130 valence electrons. The van der Waals surface area contributed by atoms with Crippen molar-refractivity contribution in [1.29, 1.82) is 0 Å². The fraction of sp³-hybridized carbons (Fsp3) is 0.167. The molecule has 2 amide bonds. The Labute approximate surface area is 144 Å². The molecule has 1 heterocycles. The van der Waals surface area contributed by atoms with Crippen molar-refractivity contribution in [2.75, 3.05) is 10.6 Å². The predicted octanol–water partition coefficient (Wildman–Crippen LogP) is 2.53. The van der Waals surface area contributed by atoms with Crippen LogP contribution in [0.25, 0.3) is 0 Å². The van der Waals surface area contributed by atoms with Crippen LogP contribution in [0.5, 0.6) is 0 Å². The standard InChI is InChI=1S/C18H18FN3O3/c1-2-16(23)21-15-12-13(8-9-14(15)19)20-17(24)6-5-11-22-10-4-3-7-18(22)25/h2-4,7-10,12H,1,5-6,11H2,(H,20,24)(H,21,23). The second-order valence-electron chi connectivity index (χ2n) is 5.27. The summed E-state index contributed by atoms with van der Waals surface area (Å²) in [6.07, 6.45) is 3.37. The number of aryl methyl sites for hydroxylation is 1. The van der Waals surface area contributed by atoms with E-state index in [1.165, 1.54) is 22.8 Å². The summed E-state index contributed by atoms with van der Waals surface area (Å²) in [7, 11) is 0. The van der Waals surface area contributed by atoms with Crippen LogP contribution in [-0.4, -0.2) is 16.4 Å². The van der Waals surface area contributed by atoms with E-state index in [0.29, 0.717) is 18.7 Å². The Morgan fingerprint density at radius 3 is 2.72 bits per heavy atom. The molecular formula is C18H18FN3O3. The summed E-state index contributed by atoms with van der Waals surface area (Å²) in [5, 5.41) is 4.95. The first-order valence-corrected chi connectivity index (χ1v) is 7.68. The maximum absolute atomic E-state index is 13.6. The van der Waals surface area contributed by atoms with Crippen LogP contribution in [0.15, 0.2) is 60.0 Å². The zero-order valence-electron chi connectivity index (χ0n) is 13.5. The number of carbonyl (C=O) groups is 2. The van der Waals surface area contributed by atoms with Gasteiger partial charge in [-0.15, -0.1) is 0 Å². The van der Waals surface area contributed by atoms with E-state index >= 15 is 0 Å². The second kappa shape index (κ2) is 8.58. The van der Waals surface area contributed by atoms with Gasteiger partial charge in [0.15, 0.2) is 0 Å². The number of nitrogens with zero attached hydrogens (tertiary/aromatic N) is 1. The molecule has 0 aliphatic carbocycles. The number of pyridine rings is 1. The van der Waals surface area contributed by atoms with E-state index in [2.05, 4.69) is 17.2 Å². The minimum absolute atomic E-state index is 0.0430. The molecule has 0 radical (unpaired) electrons. The van der Waals surface area contributed by atoms with E-state index in [0.717, 1.165) is 12.1 Å². The first-order valence-electron chi connectivity index (χ1n) is 7.68. The summed E-state index contributed by atoms with van der Waals surface area (Å²) in [5.41, 5.74) is 0.199. The summed E-state index contributed by atoms with van der Waals surface area (Å²) < 4.78 is 15.2. The van der Waals surface area contributed by atoms with Crippen molar-refractivity contribution in [1.82, 2.24) is 4.57 Å². The number of benzene rings is 1. The van der Waals surface area contributed by atoms with Crippen molar-refractivity contribution in [3.8, 4) is 0 Å². The third-order valence-electron chi connectivity index (χ3n) is 3.40. The van der Waals surface area contributed by atoms with E-state index in [9.17, 15) is 18.8 Å². The summed E-state index contributed by atoms with van der Waals surface area (Å²) in [5.74, 6) is -1.43. The first-order chi connectivity index (χ1) is 12.0. The molecule has 7 heteroatoms. The summed E-state index contributed by atoms with van der Waals surface area (Å²) in [6, 6.07) is 8.74. The van der Waals surface area contributed by atoms with Crippen molar-refractivity contribution in [3.63, 3.8) is 0 Å². The molecule has 0 saturated heterocycles. The Balaban J connectivity index is 1.91. The second-order valence-corrected chi connectivity index (χ2v) is 5.27. The monoisotopic (exact) mass is 343 g/mol. The average Bonchev–Trinajstić information content (AvgIpc) is 2.59. The summed E-state index contributed by atoms with van der Waals surface area (Å²) >= 11 is 0. The Morgan fingerprint density at radius 1 is 1.20 bits per heavy atom. The van der Waals surface area contributed by atoms with Gasteiger partial charge in [0.1, 0.15) is 5.82 Å². The molecule has 1 aromatic carbocycles. The minimum atomic E-state index is -0.614. The van der Waals surface area contributed by atoms with Gasteiger partial charge in [-0.05, 0) is 36.8 Å². The van der Waals surface area contributed by atoms with Crippen molar-refractivity contribution in [3.05, 3.63) is 71.4 Å². The lowest BCUT2D eigenvalue weighted by atomic mass is 10.2. The normalized spacial score (nSPS) is 10.1. The molecule has 0 bridgehead atoms. The molecule has 0 aliphatic rings. The molecule has 2 N–H and O–H groups in total. The predicted molar refractivity (Wildman–Crippen MR) is 93.8 cm³/mol. The lowest BCUT2D eigenvalue weighted by Crippen LogP contribution is -2.19. The Bertz CT molecular complexity index is 845.